The summed E-state index contributed by atoms with van der Waals surface area (Å²) in [7, 11) is 0. The lowest BCUT2D eigenvalue weighted by molar-refractivity contribution is -0.115. The molecule has 0 bridgehead atoms. The molecule has 28 heavy (non-hydrogen) atoms. The molecule has 0 aliphatic rings. The van der Waals surface area contributed by atoms with E-state index in [0.29, 0.717) is 5.57 Å². The van der Waals surface area contributed by atoms with Crippen molar-refractivity contribution in [1.29, 1.82) is 0 Å². The number of hydrogen-bond donors (Lipinski definition) is 5. The predicted molar refractivity (Wildman–Crippen MR) is 108 cm³/mol. The highest BCUT2D eigenvalue weighted by molar-refractivity contribution is 5.91. The molecule has 10 heteroatoms. The summed E-state index contributed by atoms with van der Waals surface area (Å²) in [6, 6.07) is 0. The van der Waals surface area contributed by atoms with Crippen LogP contribution in [0.4, 0.5) is 0 Å². The molecule has 0 aliphatic carbocycles. The van der Waals surface area contributed by atoms with Crippen molar-refractivity contribution in [3.8, 4) is 0 Å². The average Bonchev–Trinajstić information content (AvgIpc) is 2.54. The molecule has 162 valence electrons. The average molecular weight is 403 g/mol. The summed E-state index contributed by atoms with van der Waals surface area (Å²) >= 11 is 0. The molecular weight excluding hydrogens is 370 g/mol. The smallest absolute Gasteiger partial charge is 0.246 e. The fourth-order valence-corrected chi connectivity index (χ4v) is 0.315. The number of aliphatic hydroxyl groups excluding tert-OH is 2. The van der Waals surface area contributed by atoms with Gasteiger partial charge >= 0.3 is 0 Å². The molecule has 0 saturated heterocycles. The van der Waals surface area contributed by atoms with Crippen LogP contribution in [0.3, 0.4) is 0 Å². The van der Waals surface area contributed by atoms with E-state index >= 15 is 0 Å². The summed E-state index contributed by atoms with van der Waals surface area (Å²) in [5, 5.41) is 16.3. The van der Waals surface area contributed by atoms with Crippen molar-refractivity contribution in [2.75, 3.05) is 13.2 Å². The maximum absolute atomic E-state index is 10.1. The summed E-state index contributed by atoms with van der Waals surface area (Å²) in [6.45, 7) is 13.4. The topological polar surface area (TPSA) is 204 Å². The fraction of sp³-hybridized carbons (Fsp3) is 0.389. The largest absolute Gasteiger partial charge is 0.392 e. The molecule has 0 saturated carbocycles. The molecule has 0 radical (unpaired) electrons. The number of ketones is 2. The molecule has 0 fully saturated rings. The minimum absolute atomic E-state index is 0.0417. The normalized spacial score (nSPS) is 8.32. The van der Waals surface area contributed by atoms with Crippen molar-refractivity contribution < 1.29 is 34.2 Å². The van der Waals surface area contributed by atoms with Gasteiger partial charge in [-0.25, -0.2) is 0 Å². The van der Waals surface area contributed by atoms with Crippen LogP contribution in [0.5, 0.6) is 0 Å². The Balaban J connectivity index is -0.0000000812. The van der Waals surface area contributed by atoms with Crippen molar-refractivity contribution in [2.24, 2.45) is 17.2 Å². The van der Waals surface area contributed by atoms with Gasteiger partial charge in [-0.2, -0.15) is 0 Å². The maximum atomic E-state index is 10.1. The number of rotatable bonds is 5. The van der Waals surface area contributed by atoms with Gasteiger partial charge in [-0.05, 0) is 40.7 Å². The van der Waals surface area contributed by atoms with Crippen molar-refractivity contribution in [3.63, 3.8) is 0 Å². The number of nitrogens with two attached hydrogens (primary N) is 3. The third-order valence-electron chi connectivity index (χ3n) is 1.53. The molecule has 0 aromatic rings. The van der Waals surface area contributed by atoms with E-state index in [9.17, 15) is 24.0 Å². The van der Waals surface area contributed by atoms with E-state index in [4.69, 9.17) is 15.9 Å². The highest BCUT2D eigenvalue weighted by Crippen LogP contribution is 1.86. The fourth-order valence-electron chi connectivity index (χ4n) is 0.315. The van der Waals surface area contributed by atoms with Gasteiger partial charge in [0, 0.05) is 11.1 Å². The molecule has 3 amide bonds. The van der Waals surface area contributed by atoms with Crippen LogP contribution in [0, 0.1) is 0 Å². The molecule has 0 aromatic heterocycles. The van der Waals surface area contributed by atoms with Gasteiger partial charge in [0.05, 0.1) is 13.2 Å². The Kier molecular flexibility index (Phi) is 33.5. The summed E-state index contributed by atoms with van der Waals surface area (Å²) in [5.41, 5.74) is 14.4. The highest BCUT2D eigenvalue weighted by Gasteiger charge is 1.95. The van der Waals surface area contributed by atoms with Gasteiger partial charge in [-0.1, -0.05) is 19.2 Å². The first-order valence-corrected chi connectivity index (χ1v) is 7.62. The lowest BCUT2D eigenvalue weighted by Gasteiger charge is -1.88. The van der Waals surface area contributed by atoms with Gasteiger partial charge in [-0.3, -0.25) is 14.4 Å². The Hall–Kier alpha value is -3.11. The number of hydrogen-bond acceptors (Lipinski definition) is 7. The summed E-state index contributed by atoms with van der Waals surface area (Å²) in [4.78, 5) is 48.4. The second kappa shape index (κ2) is 26.1. The molecule has 8 N–H and O–H groups in total. The third kappa shape index (κ3) is 77.6. The third-order valence-corrected chi connectivity index (χ3v) is 1.53. The summed E-state index contributed by atoms with van der Waals surface area (Å²) in [5.74, 6) is -1.29. The van der Waals surface area contributed by atoms with E-state index in [-0.39, 0.29) is 30.4 Å². The number of Topliss-reactive ketones (excluding diaryl/α,β-unsaturated/α-hetero) is 2. The molecule has 0 atom stereocenters. The summed E-state index contributed by atoms with van der Waals surface area (Å²) in [6.07, 6.45) is 2.42. The monoisotopic (exact) mass is 403 g/mol. The van der Waals surface area contributed by atoms with Gasteiger partial charge in [0.2, 0.25) is 17.7 Å². The van der Waals surface area contributed by atoms with Gasteiger partial charge in [0.1, 0.15) is 11.6 Å². The Bertz CT molecular complexity index is 533. The minimum Gasteiger partial charge on any atom is -0.392 e. The van der Waals surface area contributed by atoms with Gasteiger partial charge in [0.25, 0.3) is 0 Å². The molecule has 0 aromatic carbocycles. The minimum atomic E-state index is -0.650. The van der Waals surface area contributed by atoms with Crippen LogP contribution >= 0.6 is 0 Å². The van der Waals surface area contributed by atoms with Crippen LogP contribution in [0.15, 0.2) is 36.5 Å². The van der Waals surface area contributed by atoms with Gasteiger partial charge in [0.15, 0.2) is 0 Å². The van der Waals surface area contributed by atoms with Crippen molar-refractivity contribution in [2.45, 2.75) is 34.6 Å². The quantitative estimate of drug-likeness (QED) is 0.372. The van der Waals surface area contributed by atoms with E-state index < -0.39 is 17.7 Å². The first kappa shape index (κ1) is 35.9. The molecular formula is C18H33N3O7. The first-order chi connectivity index (χ1) is 12.6. The lowest BCUT2D eigenvalue weighted by Crippen LogP contribution is -2.14. The van der Waals surface area contributed by atoms with Crippen LogP contribution in [0.2, 0.25) is 0 Å². The molecule has 0 rings (SSSR count). The van der Waals surface area contributed by atoms with Crippen molar-refractivity contribution in [1.82, 2.24) is 0 Å². The van der Waals surface area contributed by atoms with Crippen LogP contribution in [-0.4, -0.2) is 52.7 Å². The number of carbonyl (C=O) groups excluding carboxylic acids is 5. The standard InChI is InChI=1S/C5H9NO2.C4H7NO2.C3H5NO.2C3H6O/c1-4(2-3-7)5(6)8;1-3(2-6)4(5)7;1-2-3(4)5;2*1-3(2)4/h2,7H,3H2,1H3,(H2,6,8);6H,1-2H2,(H2,5,7);2H,1H2,(H2,4,5);2*1-2H3/b4-2+;;;;. The molecule has 0 spiro atoms. The Morgan fingerprint density at radius 1 is 0.821 bits per heavy atom. The Morgan fingerprint density at radius 2 is 1.11 bits per heavy atom. The SMILES string of the molecule is C/C(=C\CO)C(N)=O.C=C(CO)C(N)=O.C=CC(N)=O.CC(C)=O.CC(C)=O. The number of amides is 3. The summed E-state index contributed by atoms with van der Waals surface area (Å²) < 4.78 is 0. The zero-order valence-corrected chi connectivity index (χ0v) is 17.2. The van der Waals surface area contributed by atoms with Crippen LogP contribution < -0.4 is 17.2 Å². The Labute approximate surface area is 165 Å². The van der Waals surface area contributed by atoms with E-state index in [2.05, 4.69) is 24.6 Å². The maximum Gasteiger partial charge on any atom is 0.246 e. The highest BCUT2D eigenvalue weighted by atomic mass is 16.3. The predicted octanol–water partition coefficient (Wildman–Crippen LogP) is -0.721. The zero-order valence-electron chi connectivity index (χ0n) is 17.2. The van der Waals surface area contributed by atoms with Crippen molar-refractivity contribution >= 4 is 29.3 Å². The van der Waals surface area contributed by atoms with E-state index in [1.54, 1.807) is 6.92 Å². The van der Waals surface area contributed by atoms with Crippen LogP contribution in [-0.2, 0) is 24.0 Å². The molecule has 10 nitrogen and oxygen atoms in total. The Morgan fingerprint density at radius 3 is 1.14 bits per heavy atom. The second-order valence-corrected chi connectivity index (χ2v) is 4.98. The molecule has 0 aliphatic heterocycles. The number of aliphatic hydroxyl groups is 2. The molecule has 0 unspecified atom stereocenters. The van der Waals surface area contributed by atoms with E-state index in [1.807, 2.05) is 0 Å². The molecule has 0 heterocycles. The second-order valence-electron chi connectivity index (χ2n) is 4.98. The number of primary amides is 3. The van der Waals surface area contributed by atoms with E-state index in [1.165, 1.54) is 33.8 Å². The van der Waals surface area contributed by atoms with Gasteiger partial charge in [-0.15, -0.1) is 0 Å². The zero-order chi connectivity index (χ0) is 23.9. The number of carbonyl (C=O) groups is 5. The van der Waals surface area contributed by atoms with E-state index in [0.717, 1.165) is 6.08 Å². The van der Waals surface area contributed by atoms with Crippen LogP contribution in [0.1, 0.15) is 34.6 Å². The lowest BCUT2D eigenvalue weighted by atomic mass is 10.3. The van der Waals surface area contributed by atoms with Gasteiger partial charge < -0.3 is 37.0 Å². The van der Waals surface area contributed by atoms with Crippen molar-refractivity contribution in [3.05, 3.63) is 36.5 Å². The van der Waals surface area contributed by atoms with Crippen LogP contribution in [0.25, 0.3) is 0 Å². The first-order valence-electron chi connectivity index (χ1n) is 7.62.